The van der Waals surface area contributed by atoms with Gasteiger partial charge < -0.3 is 29.6 Å². The minimum absolute atomic E-state index is 0.0442. The summed E-state index contributed by atoms with van der Waals surface area (Å²) in [5.74, 6) is 0.254. The molecule has 9 heteroatoms. The highest BCUT2D eigenvalue weighted by atomic mass is 16.6. The fourth-order valence-electron chi connectivity index (χ4n) is 5.29. The molecule has 39 heavy (non-hydrogen) atoms. The summed E-state index contributed by atoms with van der Waals surface area (Å²) in [5, 5.41) is 5.83. The first kappa shape index (κ1) is 29.8. The number of amides is 2. The molecule has 1 fully saturated rings. The smallest absolute Gasteiger partial charge is 0.407 e. The number of alkyl carbamates (subject to hydrolysis) is 2. The monoisotopic (exact) mass is 540 g/mol. The normalized spacial score (nSPS) is 20.7. The van der Waals surface area contributed by atoms with Gasteiger partial charge in [-0.25, -0.2) is 14.4 Å². The van der Waals surface area contributed by atoms with Crippen molar-refractivity contribution in [1.29, 1.82) is 0 Å². The molecule has 0 aromatic heterocycles. The van der Waals surface area contributed by atoms with Gasteiger partial charge in [0.15, 0.2) is 0 Å². The van der Waals surface area contributed by atoms with E-state index in [0.29, 0.717) is 18.5 Å². The predicted molar refractivity (Wildman–Crippen MR) is 147 cm³/mol. The van der Waals surface area contributed by atoms with E-state index in [9.17, 15) is 14.4 Å². The molecule has 2 aromatic rings. The number of rotatable bonds is 11. The van der Waals surface area contributed by atoms with Crippen molar-refractivity contribution in [3.8, 4) is 5.75 Å². The zero-order chi connectivity index (χ0) is 28.3. The van der Waals surface area contributed by atoms with Crippen LogP contribution in [-0.2, 0) is 14.2 Å². The Hall–Kier alpha value is -3.75. The second-order valence-electron chi connectivity index (χ2n) is 11.2. The Morgan fingerprint density at radius 2 is 1.56 bits per heavy atom. The van der Waals surface area contributed by atoms with Gasteiger partial charge in [-0.1, -0.05) is 57.2 Å². The number of nitrogens with one attached hydrogen (secondary N) is 2. The van der Waals surface area contributed by atoms with Crippen molar-refractivity contribution in [1.82, 2.24) is 10.6 Å². The largest absolute Gasteiger partial charge is 0.490 e. The maximum absolute atomic E-state index is 12.6. The van der Waals surface area contributed by atoms with Crippen molar-refractivity contribution in [2.45, 2.75) is 59.1 Å². The van der Waals surface area contributed by atoms with Gasteiger partial charge in [0, 0.05) is 12.6 Å². The van der Waals surface area contributed by atoms with Crippen LogP contribution in [0.3, 0.4) is 0 Å². The molecule has 1 aliphatic rings. The average Bonchev–Trinajstić information content (AvgIpc) is 2.88. The Bertz CT molecular complexity index is 1080. The molecule has 3 rings (SSSR count). The van der Waals surface area contributed by atoms with Crippen LogP contribution in [-0.4, -0.2) is 56.7 Å². The van der Waals surface area contributed by atoms with Crippen LogP contribution in [0.4, 0.5) is 9.59 Å². The third-order valence-corrected chi connectivity index (χ3v) is 6.52. The zero-order valence-corrected chi connectivity index (χ0v) is 23.2. The molecule has 3 unspecified atom stereocenters. The van der Waals surface area contributed by atoms with Gasteiger partial charge in [-0.05, 0) is 61.3 Å². The number of carbonyl (C=O) groups is 3. The van der Waals surface area contributed by atoms with Gasteiger partial charge in [0.1, 0.15) is 31.7 Å². The van der Waals surface area contributed by atoms with Crippen LogP contribution in [0.5, 0.6) is 5.75 Å². The molecule has 1 aliphatic carbocycles. The summed E-state index contributed by atoms with van der Waals surface area (Å²) < 4.78 is 21.5. The summed E-state index contributed by atoms with van der Waals surface area (Å²) >= 11 is 0. The third-order valence-electron chi connectivity index (χ3n) is 6.52. The molecule has 0 saturated heterocycles. The highest BCUT2D eigenvalue weighted by Gasteiger charge is 2.42. The van der Waals surface area contributed by atoms with Gasteiger partial charge in [-0.2, -0.15) is 0 Å². The number of ether oxygens (including phenoxy) is 4. The van der Waals surface area contributed by atoms with E-state index in [4.69, 9.17) is 18.9 Å². The van der Waals surface area contributed by atoms with Crippen LogP contribution in [0.25, 0.3) is 0 Å². The van der Waals surface area contributed by atoms with Gasteiger partial charge in [-0.3, -0.25) is 0 Å². The van der Waals surface area contributed by atoms with Crippen LogP contribution in [0, 0.1) is 10.8 Å². The first-order valence-electron chi connectivity index (χ1n) is 13.3. The summed E-state index contributed by atoms with van der Waals surface area (Å²) in [6.45, 7) is 8.83. The molecule has 0 spiro atoms. The lowest BCUT2D eigenvalue weighted by Gasteiger charge is -2.46. The Labute approximate surface area is 230 Å². The van der Waals surface area contributed by atoms with Crippen LogP contribution in [0.2, 0.25) is 0 Å². The molecule has 0 radical (unpaired) electrons. The summed E-state index contributed by atoms with van der Waals surface area (Å²) in [6.07, 6.45) is 0.642. The van der Waals surface area contributed by atoms with Crippen LogP contribution in [0.15, 0.2) is 60.7 Å². The highest BCUT2D eigenvalue weighted by Crippen LogP contribution is 2.45. The molecule has 9 nitrogen and oxygen atoms in total. The fourth-order valence-corrected chi connectivity index (χ4v) is 5.29. The van der Waals surface area contributed by atoms with Crippen molar-refractivity contribution < 1.29 is 33.3 Å². The fraction of sp³-hybridized carbons (Fsp3) is 0.500. The second kappa shape index (κ2) is 13.9. The van der Waals surface area contributed by atoms with E-state index in [0.717, 1.165) is 18.6 Å². The lowest BCUT2D eigenvalue weighted by molar-refractivity contribution is 0.0181. The Morgan fingerprint density at radius 3 is 2.26 bits per heavy atom. The van der Waals surface area contributed by atoms with E-state index in [1.807, 2.05) is 36.4 Å². The number of benzene rings is 2. The van der Waals surface area contributed by atoms with Gasteiger partial charge in [-0.15, -0.1) is 0 Å². The minimum atomic E-state index is -0.608. The number of para-hydroxylation sites is 1. The molecule has 212 valence electrons. The summed E-state index contributed by atoms with van der Waals surface area (Å²) in [5.41, 5.74) is 0.128. The Morgan fingerprint density at radius 1 is 0.897 bits per heavy atom. The molecular formula is C30H40N2O7. The van der Waals surface area contributed by atoms with Gasteiger partial charge >= 0.3 is 18.2 Å². The summed E-state index contributed by atoms with van der Waals surface area (Å²) in [4.78, 5) is 37.0. The van der Waals surface area contributed by atoms with Crippen molar-refractivity contribution in [3.05, 3.63) is 66.2 Å². The molecule has 3 atom stereocenters. The lowest BCUT2D eigenvalue weighted by Crippen LogP contribution is -2.50. The van der Waals surface area contributed by atoms with Crippen LogP contribution < -0.4 is 15.4 Å². The predicted octanol–water partition coefficient (Wildman–Crippen LogP) is 5.35. The van der Waals surface area contributed by atoms with E-state index < -0.39 is 24.3 Å². The van der Waals surface area contributed by atoms with Gasteiger partial charge in [0.05, 0.1) is 5.56 Å². The molecule has 0 bridgehead atoms. The van der Waals surface area contributed by atoms with Crippen LogP contribution >= 0.6 is 0 Å². The summed E-state index contributed by atoms with van der Waals surface area (Å²) in [7, 11) is 0. The first-order valence-corrected chi connectivity index (χ1v) is 13.3. The van der Waals surface area contributed by atoms with Crippen molar-refractivity contribution >= 4 is 18.2 Å². The number of hydrogen-bond donors (Lipinski definition) is 2. The highest BCUT2D eigenvalue weighted by molar-refractivity contribution is 5.89. The van der Waals surface area contributed by atoms with Crippen molar-refractivity contribution in [2.24, 2.45) is 10.8 Å². The van der Waals surface area contributed by atoms with E-state index in [1.165, 1.54) is 0 Å². The number of hydrogen-bond acceptors (Lipinski definition) is 7. The second-order valence-corrected chi connectivity index (χ2v) is 11.2. The van der Waals surface area contributed by atoms with Gasteiger partial charge in [0.25, 0.3) is 0 Å². The molecule has 2 N–H and O–H groups in total. The maximum atomic E-state index is 12.6. The average molecular weight is 541 g/mol. The molecule has 1 saturated carbocycles. The van der Waals surface area contributed by atoms with Crippen molar-refractivity contribution in [2.75, 3.05) is 26.4 Å². The Balaban J connectivity index is 1.40. The van der Waals surface area contributed by atoms with Gasteiger partial charge in [0.2, 0.25) is 0 Å². The third kappa shape index (κ3) is 10.5. The molecular weight excluding hydrogens is 500 g/mol. The van der Waals surface area contributed by atoms with E-state index in [-0.39, 0.29) is 36.7 Å². The number of carbonyl (C=O) groups excluding carboxylic acids is 3. The lowest BCUT2D eigenvalue weighted by atomic mass is 9.62. The van der Waals surface area contributed by atoms with Crippen LogP contribution in [0.1, 0.15) is 57.3 Å². The molecule has 0 aliphatic heterocycles. The Kier molecular flexibility index (Phi) is 10.6. The van der Waals surface area contributed by atoms with E-state index in [1.54, 1.807) is 31.2 Å². The molecule has 0 heterocycles. The van der Waals surface area contributed by atoms with E-state index in [2.05, 4.69) is 31.4 Å². The molecule has 2 aromatic carbocycles. The number of esters is 1. The topological polar surface area (TPSA) is 112 Å². The minimum Gasteiger partial charge on any atom is -0.490 e. The van der Waals surface area contributed by atoms with Crippen molar-refractivity contribution in [3.63, 3.8) is 0 Å². The van der Waals surface area contributed by atoms with E-state index >= 15 is 0 Å². The SMILES string of the molecule is CC(COC(=O)c1ccccc1)OC(=O)NC1CC(C)(C)CC(C)(CNC(=O)OCCOc2ccccc2)C1. The molecule has 2 amide bonds. The standard InChI is InChI=1S/C30H40N2O7/c1-22(19-38-26(33)23-11-7-5-8-12-23)39-28(35)32-24-17-29(2,3)20-30(4,18-24)21-31-27(34)37-16-15-36-25-13-9-6-10-14-25/h5-14,22,24H,15-21H2,1-4H3,(H,31,34)(H,32,35). The summed E-state index contributed by atoms with van der Waals surface area (Å²) in [6, 6.07) is 17.9. The first-order chi connectivity index (χ1) is 18.5. The zero-order valence-electron chi connectivity index (χ0n) is 23.2. The maximum Gasteiger partial charge on any atom is 0.407 e. The quantitative estimate of drug-likeness (QED) is 0.225.